The number of benzene rings is 3. The highest BCUT2D eigenvalue weighted by Crippen LogP contribution is 1.95. The van der Waals surface area contributed by atoms with Crippen molar-refractivity contribution in [1.29, 1.82) is 0 Å². The molecule has 2 atom stereocenters. The summed E-state index contributed by atoms with van der Waals surface area (Å²) in [5.74, 6) is 0. The summed E-state index contributed by atoms with van der Waals surface area (Å²) in [7, 11) is -2.12. The van der Waals surface area contributed by atoms with E-state index in [1.54, 1.807) is 10.4 Å². The Bertz CT molecular complexity index is 662. The Balaban J connectivity index is 1.90. The molecule has 3 rings (SSSR count). The Morgan fingerprint density at radius 3 is 1.23 bits per heavy atom. The van der Waals surface area contributed by atoms with Crippen molar-refractivity contribution in [2.75, 3.05) is 0 Å². The van der Waals surface area contributed by atoms with Crippen molar-refractivity contribution in [3.05, 3.63) is 84.9 Å². The van der Waals surface area contributed by atoms with Crippen molar-refractivity contribution >= 4 is 38.3 Å². The Kier molecular flexibility index (Phi) is 4.71. The van der Waals surface area contributed by atoms with Gasteiger partial charge in [0.15, 0.2) is 0 Å². The summed E-state index contributed by atoms with van der Waals surface area (Å²) in [6.07, 6.45) is 0. The fourth-order valence-electron chi connectivity index (χ4n) is 2.97. The van der Waals surface area contributed by atoms with Gasteiger partial charge in [-0.25, -0.2) is 0 Å². The summed E-state index contributed by atoms with van der Waals surface area (Å²) in [6, 6.07) is 31.3. The zero-order valence-corrected chi connectivity index (χ0v) is 15.5. The van der Waals surface area contributed by atoms with Gasteiger partial charge in [0.1, 0.15) is 0 Å². The van der Waals surface area contributed by atoms with Crippen molar-refractivity contribution in [3.63, 3.8) is 0 Å². The largest absolute Gasteiger partial charge is 0.0997 e. The van der Waals surface area contributed by atoms with Crippen LogP contribution in [0.5, 0.6) is 0 Å². The van der Waals surface area contributed by atoms with E-state index in [0.717, 1.165) is 0 Å². The minimum absolute atomic E-state index is 1.06. The molecule has 0 heterocycles. The molecular weight excluding hydrogens is 296 g/mol. The lowest BCUT2D eigenvalue weighted by molar-refractivity contribution is 1.72. The molecule has 0 aliphatic rings. The van der Waals surface area contributed by atoms with Crippen LogP contribution in [-0.4, -0.2) is 17.6 Å². The van der Waals surface area contributed by atoms with Crippen LogP contribution in [0.1, 0.15) is 0 Å². The van der Waals surface area contributed by atoms with Gasteiger partial charge in [-0.1, -0.05) is 119 Å². The van der Waals surface area contributed by atoms with Crippen molar-refractivity contribution in [2.24, 2.45) is 0 Å². The van der Waals surface area contributed by atoms with Crippen LogP contribution in [-0.2, 0) is 0 Å². The van der Waals surface area contributed by atoms with Gasteiger partial charge in [-0.2, -0.15) is 0 Å². The highest BCUT2D eigenvalue weighted by molar-refractivity contribution is 6.86. The molecule has 0 saturated carbocycles. The predicted molar refractivity (Wildman–Crippen MR) is 104 cm³/mol. The summed E-state index contributed by atoms with van der Waals surface area (Å²) in [6.45, 7) is 4.87. The zero-order chi connectivity index (χ0) is 15.4. The maximum Gasteiger partial charge on any atom is 0.0997 e. The van der Waals surface area contributed by atoms with E-state index in [4.69, 9.17) is 0 Å². The molecule has 0 radical (unpaired) electrons. The third-order valence-electron chi connectivity index (χ3n) is 4.51. The van der Waals surface area contributed by atoms with E-state index in [2.05, 4.69) is 98.0 Å². The van der Waals surface area contributed by atoms with Gasteiger partial charge in [0.2, 0.25) is 0 Å². The molecule has 0 saturated heterocycles. The molecule has 0 amide bonds. The van der Waals surface area contributed by atoms with E-state index in [1.165, 1.54) is 10.4 Å². The second kappa shape index (κ2) is 6.90. The number of hydrogen-bond donors (Lipinski definition) is 0. The first-order chi connectivity index (χ1) is 10.8. The fourth-order valence-corrected chi connectivity index (χ4v) is 7.21. The molecule has 110 valence electrons. The zero-order valence-electron chi connectivity index (χ0n) is 13.2. The highest BCUT2D eigenvalue weighted by Gasteiger charge is 2.14. The van der Waals surface area contributed by atoms with Gasteiger partial charge < -0.3 is 0 Å². The molecule has 0 aliphatic heterocycles. The van der Waals surface area contributed by atoms with Crippen LogP contribution in [0, 0.1) is 0 Å². The average molecular weight is 319 g/mol. The van der Waals surface area contributed by atoms with E-state index < -0.39 is 17.6 Å². The SMILES string of the molecule is C[SiH](c1ccccc1)c1cccc([SiH](C)c2ccccc2)c1. The summed E-state index contributed by atoms with van der Waals surface area (Å²) in [4.78, 5) is 0. The van der Waals surface area contributed by atoms with Gasteiger partial charge in [-0.3, -0.25) is 0 Å². The van der Waals surface area contributed by atoms with E-state index >= 15 is 0 Å². The Morgan fingerprint density at radius 1 is 0.455 bits per heavy atom. The molecule has 0 bridgehead atoms. The molecule has 22 heavy (non-hydrogen) atoms. The summed E-state index contributed by atoms with van der Waals surface area (Å²) >= 11 is 0. The van der Waals surface area contributed by atoms with Crippen LogP contribution in [0.3, 0.4) is 0 Å². The van der Waals surface area contributed by atoms with Gasteiger partial charge in [-0.05, 0) is 0 Å². The fraction of sp³-hybridized carbons (Fsp3) is 0.100. The molecule has 3 aromatic rings. The van der Waals surface area contributed by atoms with Crippen LogP contribution < -0.4 is 20.7 Å². The average Bonchev–Trinajstić information content (AvgIpc) is 2.62. The highest BCUT2D eigenvalue weighted by atomic mass is 28.3. The molecular formula is C20H22Si2. The minimum Gasteiger partial charge on any atom is -0.0642 e. The summed E-state index contributed by atoms with van der Waals surface area (Å²) in [5, 5.41) is 6.15. The smallest absolute Gasteiger partial charge is 0.0642 e. The Morgan fingerprint density at radius 2 is 0.818 bits per heavy atom. The van der Waals surface area contributed by atoms with Crippen LogP contribution in [0.15, 0.2) is 84.9 Å². The normalized spacial score (nSPS) is 13.5. The molecule has 0 aliphatic carbocycles. The van der Waals surface area contributed by atoms with E-state index in [-0.39, 0.29) is 0 Å². The number of rotatable bonds is 4. The van der Waals surface area contributed by atoms with E-state index in [9.17, 15) is 0 Å². The van der Waals surface area contributed by atoms with Gasteiger partial charge in [-0.15, -0.1) is 0 Å². The first-order valence-electron chi connectivity index (χ1n) is 7.95. The Hall–Kier alpha value is -1.91. The topological polar surface area (TPSA) is 0 Å². The molecule has 0 nitrogen and oxygen atoms in total. The van der Waals surface area contributed by atoms with Gasteiger partial charge in [0.25, 0.3) is 0 Å². The molecule has 0 spiro atoms. The quantitative estimate of drug-likeness (QED) is 0.642. The maximum absolute atomic E-state index is 2.48. The lowest BCUT2D eigenvalue weighted by atomic mass is 10.3. The monoisotopic (exact) mass is 318 g/mol. The van der Waals surface area contributed by atoms with Crippen molar-refractivity contribution in [2.45, 2.75) is 13.1 Å². The molecule has 2 unspecified atom stereocenters. The lowest BCUT2D eigenvalue weighted by Crippen LogP contribution is -2.45. The van der Waals surface area contributed by atoms with Crippen molar-refractivity contribution < 1.29 is 0 Å². The maximum atomic E-state index is 2.48. The number of hydrogen-bond acceptors (Lipinski definition) is 0. The molecule has 0 fully saturated rings. The van der Waals surface area contributed by atoms with E-state index in [1.807, 2.05) is 0 Å². The molecule has 2 heteroatoms. The van der Waals surface area contributed by atoms with Crippen LogP contribution >= 0.6 is 0 Å². The standard InChI is InChI=1S/C20H22Si2/c1-21(17-10-5-3-6-11-17)19-14-9-15-20(16-19)22(2)18-12-7-4-8-13-18/h3-16,21-22H,1-2H3. The first-order valence-corrected chi connectivity index (χ1v) is 12.6. The van der Waals surface area contributed by atoms with Crippen molar-refractivity contribution in [3.8, 4) is 0 Å². The van der Waals surface area contributed by atoms with Gasteiger partial charge >= 0.3 is 0 Å². The minimum atomic E-state index is -1.06. The summed E-state index contributed by atoms with van der Waals surface area (Å²) in [5.41, 5.74) is 0. The first kappa shape index (κ1) is 15.0. The second-order valence-corrected chi connectivity index (χ2v) is 11.5. The van der Waals surface area contributed by atoms with Crippen LogP contribution in [0.2, 0.25) is 13.1 Å². The van der Waals surface area contributed by atoms with Gasteiger partial charge in [0.05, 0.1) is 17.6 Å². The predicted octanol–water partition coefficient (Wildman–Crippen LogP) is 1.63. The van der Waals surface area contributed by atoms with Crippen LogP contribution in [0.4, 0.5) is 0 Å². The van der Waals surface area contributed by atoms with Crippen molar-refractivity contribution in [1.82, 2.24) is 0 Å². The van der Waals surface area contributed by atoms with Gasteiger partial charge in [0, 0.05) is 0 Å². The third kappa shape index (κ3) is 3.29. The molecule has 0 aromatic heterocycles. The lowest BCUT2D eigenvalue weighted by Gasteiger charge is -2.15. The summed E-state index contributed by atoms with van der Waals surface area (Å²) < 4.78 is 0. The Labute approximate surface area is 136 Å². The van der Waals surface area contributed by atoms with E-state index in [0.29, 0.717) is 0 Å². The third-order valence-corrected chi connectivity index (χ3v) is 10.00. The van der Waals surface area contributed by atoms with Crippen LogP contribution in [0.25, 0.3) is 0 Å². The molecule has 3 aromatic carbocycles. The molecule has 0 N–H and O–H groups in total. The second-order valence-electron chi connectivity index (χ2n) is 5.93.